The standard InChI is InChI=1S/C30H31ClN2O4/c1-19-18-33(30(36)32-26-5-3-2-4-25(26)31)27-15-14-24(17-28(27)37-19)23-12-10-22(11-13-23)21-8-6-20(7-9-21)16-29(34)35/h2-5,10-15,17,19-21H,6-9,16,18H2,1H3,(H,32,36)(H,34,35). The lowest BCUT2D eigenvalue weighted by Gasteiger charge is -2.33. The number of carboxylic acids is 1. The van der Waals surface area contributed by atoms with Crippen LogP contribution in [0.2, 0.25) is 5.02 Å². The molecule has 0 radical (unpaired) electrons. The Morgan fingerprint density at radius 3 is 2.41 bits per heavy atom. The van der Waals surface area contributed by atoms with E-state index in [9.17, 15) is 9.59 Å². The predicted octanol–water partition coefficient (Wildman–Crippen LogP) is 7.57. The lowest BCUT2D eigenvalue weighted by atomic mass is 9.77. The van der Waals surface area contributed by atoms with E-state index in [1.807, 2.05) is 37.3 Å². The maximum atomic E-state index is 13.1. The summed E-state index contributed by atoms with van der Waals surface area (Å²) in [5.41, 5.74) is 4.71. The number of carbonyl (C=O) groups is 2. The fourth-order valence-corrected chi connectivity index (χ4v) is 5.64. The van der Waals surface area contributed by atoms with Crippen LogP contribution in [0.5, 0.6) is 5.75 Å². The second-order valence-electron chi connectivity index (χ2n) is 10.1. The smallest absolute Gasteiger partial charge is 0.326 e. The van der Waals surface area contributed by atoms with Crippen LogP contribution < -0.4 is 15.0 Å². The van der Waals surface area contributed by atoms with Crippen LogP contribution in [0.4, 0.5) is 16.2 Å². The molecule has 1 aliphatic carbocycles. The van der Waals surface area contributed by atoms with Crippen LogP contribution in [0.1, 0.15) is 50.5 Å². The van der Waals surface area contributed by atoms with E-state index in [-0.39, 0.29) is 18.6 Å². The molecule has 37 heavy (non-hydrogen) atoms. The highest BCUT2D eigenvalue weighted by Gasteiger charge is 2.29. The minimum absolute atomic E-state index is 0.154. The van der Waals surface area contributed by atoms with E-state index in [1.54, 1.807) is 17.0 Å². The largest absolute Gasteiger partial charge is 0.487 e. The Balaban J connectivity index is 1.30. The minimum atomic E-state index is -0.694. The average molecular weight is 519 g/mol. The second kappa shape index (κ2) is 10.9. The minimum Gasteiger partial charge on any atom is -0.487 e. The molecule has 3 aromatic rings. The fraction of sp³-hybridized carbons (Fsp3) is 0.333. The van der Waals surface area contributed by atoms with Crippen molar-refractivity contribution in [2.45, 2.75) is 51.0 Å². The molecule has 192 valence electrons. The number of rotatable bonds is 5. The van der Waals surface area contributed by atoms with Crippen LogP contribution in [0.25, 0.3) is 11.1 Å². The molecular weight excluding hydrogens is 488 g/mol. The molecule has 6 nitrogen and oxygen atoms in total. The van der Waals surface area contributed by atoms with Gasteiger partial charge in [-0.25, -0.2) is 4.79 Å². The van der Waals surface area contributed by atoms with Gasteiger partial charge >= 0.3 is 12.0 Å². The van der Waals surface area contributed by atoms with Gasteiger partial charge in [-0.05, 0) is 85.4 Å². The maximum Gasteiger partial charge on any atom is 0.326 e. The fourth-order valence-electron chi connectivity index (χ4n) is 5.45. The Labute approximate surface area is 222 Å². The first-order valence-corrected chi connectivity index (χ1v) is 13.2. The van der Waals surface area contributed by atoms with Crippen molar-refractivity contribution in [3.63, 3.8) is 0 Å². The first kappa shape index (κ1) is 25.2. The summed E-state index contributed by atoms with van der Waals surface area (Å²) in [6.45, 7) is 2.39. The SMILES string of the molecule is CC1CN(C(=O)Nc2ccccc2Cl)c2ccc(-c3ccc(C4CCC(CC(=O)O)CC4)cc3)cc2O1. The molecule has 2 amide bonds. The number of ether oxygens (including phenoxy) is 1. The predicted molar refractivity (Wildman–Crippen MR) is 147 cm³/mol. The summed E-state index contributed by atoms with van der Waals surface area (Å²) in [7, 11) is 0. The van der Waals surface area contributed by atoms with E-state index in [1.165, 1.54) is 5.56 Å². The Morgan fingerprint density at radius 1 is 1.00 bits per heavy atom. The van der Waals surface area contributed by atoms with Gasteiger partial charge in [0.15, 0.2) is 0 Å². The van der Waals surface area contributed by atoms with Crippen LogP contribution in [-0.2, 0) is 4.79 Å². The van der Waals surface area contributed by atoms with E-state index < -0.39 is 5.97 Å². The summed E-state index contributed by atoms with van der Waals surface area (Å²) >= 11 is 6.23. The Morgan fingerprint density at radius 2 is 1.70 bits per heavy atom. The van der Waals surface area contributed by atoms with Crippen LogP contribution in [0, 0.1) is 5.92 Å². The zero-order chi connectivity index (χ0) is 25.9. The van der Waals surface area contributed by atoms with Crippen LogP contribution in [0.3, 0.4) is 0 Å². The van der Waals surface area contributed by atoms with Gasteiger partial charge in [0.25, 0.3) is 0 Å². The lowest BCUT2D eigenvalue weighted by Crippen LogP contribution is -2.44. The molecule has 2 N–H and O–H groups in total. The number of urea groups is 1. The molecular formula is C30H31ClN2O4. The summed E-state index contributed by atoms with van der Waals surface area (Å²) in [6.07, 6.45) is 4.14. The summed E-state index contributed by atoms with van der Waals surface area (Å²) in [4.78, 5) is 25.8. The molecule has 2 aliphatic rings. The van der Waals surface area contributed by atoms with E-state index in [0.717, 1.165) is 42.5 Å². The highest BCUT2D eigenvalue weighted by molar-refractivity contribution is 6.33. The topological polar surface area (TPSA) is 78.9 Å². The molecule has 0 aromatic heterocycles. The molecule has 1 unspecified atom stereocenters. The van der Waals surface area contributed by atoms with Gasteiger partial charge in [-0.2, -0.15) is 0 Å². The molecule has 1 atom stereocenters. The quantitative estimate of drug-likeness (QED) is 0.365. The second-order valence-corrected chi connectivity index (χ2v) is 10.5. The first-order chi connectivity index (χ1) is 17.9. The van der Waals surface area contributed by atoms with Gasteiger partial charge in [-0.1, -0.05) is 54.1 Å². The van der Waals surface area contributed by atoms with Crippen molar-refractivity contribution in [2.75, 3.05) is 16.8 Å². The maximum absolute atomic E-state index is 13.1. The van der Waals surface area contributed by atoms with Crippen molar-refractivity contribution in [2.24, 2.45) is 5.92 Å². The number of nitrogens with zero attached hydrogens (tertiary/aromatic N) is 1. The van der Waals surface area contributed by atoms with E-state index >= 15 is 0 Å². The number of anilines is 2. The molecule has 3 aromatic carbocycles. The van der Waals surface area contributed by atoms with E-state index in [4.69, 9.17) is 21.4 Å². The zero-order valence-corrected chi connectivity index (χ0v) is 21.6. The monoisotopic (exact) mass is 518 g/mol. The number of carbonyl (C=O) groups excluding carboxylic acids is 1. The van der Waals surface area contributed by atoms with Crippen LogP contribution >= 0.6 is 11.6 Å². The number of hydrogen-bond acceptors (Lipinski definition) is 3. The molecule has 0 bridgehead atoms. The third-order valence-electron chi connectivity index (χ3n) is 7.40. The number of carboxylic acid groups (broad SMARTS) is 1. The Hall–Kier alpha value is -3.51. The van der Waals surface area contributed by atoms with Gasteiger partial charge in [0.2, 0.25) is 0 Å². The van der Waals surface area contributed by atoms with Crippen molar-refractivity contribution in [3.05, 3.63) is 77.3 Å². The molecule has 5 rings (SSSR count). The Bertz CT molecular complexity index is 1280. The number of nitrogens with one attached hydrogen (secondary N) is 1. The van der Waals surface area contributed by atoms with Crippen LogP contribution in [-0.4, -0.2) is 29.8 Å². The average Bonchev–Trinajstić information content (AvgIpc) is 2.89. The number of fused-ring (bicyclic) bond motifs is 1. The molecule has 1 saturated carbocycles. The highest BCUT2D eigenvalue weighted by Crippen LogP contribution is 2.40. The molecule has 7 heteroatoms. The van der Waals surface area contributed by atoms with E-state index in [0.29, 0.717) is 34.8 Å². The highest BCUT2D eigenvalue weighted by atomic mass is 35.5. The number of hydrogen-bond donors (Lipinski definition) is 2. The van der Waals surface area contributed by atoms with Gasteiger partial charge < -0.3 is 15.2 Å². The van der Waals surface area contributed by atoms with Crippen molar-refractivity contribution >= 4 is 35.0 Å². The van der Waals surface area contributed by atoms with Gasteiger partial charge in [0, 0.05) is 6.42 Å². The third kappa shape index (κ3) is 5.75. The normalized spacial score (nSPS) is 21.0. The Kier molecular flexibility index (Phi) is 7.38. The van der Waals surface area contributed by atoms with Gasteiger partial charge in [0.05, 0.1) is 22.9 Å². The van der Waals surface area contributed by atoms with Crippen molar-refractivity contribution in [1.82, 2.24) is 0 Å². The van der Waals surface area contributed by atoms with Crippen molar-refractivity contribution in [3.8, 4) is 16.9 Å². The molecule has 0 saturated heterocycles. The molecule has 1 fully saturated rings. The lowest BCUT2D eigenvalue weighted by molar-refractivity contribution is -0.138. The number of aliphatic carboxylic acids is 1. The first-order valence-electron chi connectivity index (χ1n) is 12.8. The molecule has 0 spiro atoms. The van der Waals surface area contributed by atoms with Crippen molar-refractivity contribution in [1.29, 1.82) is 0 Å². The summed E-state index contributed by atoms with van der Waals surface area (Å²) < 4.78 is 6.12. The molecule has 1 aliphatic heterocycles. The zero-order valence-electron chi connectivity index (χ0n) is 20.8. The summed E-state index contributed by atoms with van der Waals surface area (Å²) in [6, 6.07) is 21.5. The third-order valence-corrected chi connectivity index (χ3v) is 7.73. The number of amides is 2. The van der Waals surface area contributed by atoms with Gasteiger partial charge in [-0.15, -0.1) is 0 Å². The number of para-hydroxylation sites is 1. The number of benzene rings is 3. The number of halogens is 1. The van der Waals surface area contributed by atoms with Crippen LogP contribution in [0.15, 0.2) is 66.7 Å². The summed E-state index contributed by atoms with van der Waals surface area (Å²) in [5, 5.41) is 12.4. The summed E-state index contributed by atoms with van der Waals surface area (Å²) in [5.74, 6) is 0.765. The molecule has 1 heterocycles. The van der Waals surface area contributed by atoms with E-state index in [2.05, 4.69) is 29.6 Å². The van der Waals surface area contributed by atoms with Gasteiger partial charge in [-0.3, -0.25) is 9.69 Å². The van der Waals surface area contributed by atoms with Gasteiger partial charge in [0.1, 0.15) is 11.9 Å². The van der Waals surface area contributed by atoms with Crippen molar-refractivity contribution < 1.29 is 19.4 Å².